The summed E-state index contributed by atoms with van der Waals surface area (Å²) in [5.74, 6) is -0.0647. The summed E-state index contributed by atoms with van der Waals surface area (Å²) in [6.45, 7) is 3.05. The third-order valence-corrected chi connectivity index (χ3v) is 5.17. The quantitative estimate of drug-likeness (QED) is 0.692. The number of nitrogens with zero attached hydrogens (tertiary/aromatic N) is 2. The van der Waals surface area contributed by atoms with Gasteiger partial charge in [0.05, 0.1) is 23.4 Å². The molecule has 2 aromatic rings. The summed E-state index contributed by atoms with van der Waals surface area (Å²) in [4.78, 5) is 0. The van der Waals surface area contributed by atoms with Crippen LogP contribution in [0.1, 0.15) is 41.3 Å². The lowest BCUT2D eigenvalue weighted by atomic mass is 9.91. The van der Waals surface area contributed by atoms with E-state index in [-0.39, 0.29) is 22.9 Å². The van der Waals surface area contributed by atoms with Crippen LogP contribution in [0, 0.1) is 12.8 Å². The Morgan fingerprint density at radius 1 is 1.13 bits per heavy atom. The van der Waals surface area contributed by atoms with Gasteiger partial charge in [0, 0.05) is 18.0 Å². The third-order valence-electron chi connectivity index (χ3n) is 5.17. The molecule has 2 atom stereocenters. The summed E-state index contributed by atoms with van der Waals surface area (Å²) in [5, 5.41) is 21.7. The van der Waals surface area contributed by atoms with Gasteiger partial charge in [-0.05, 0) is 55.6 Å². The predicted octanol–water partition coefficient (Wildman–Crippen LogP) is 4.61. The number of benzene rings is 1. The Morgan fingerprint density at radius 2 is 1.87 bits per heavy atom. The van der Waals surface area contributed by atoms with Crippen molar-refractivity contribution in [1.29, 1.82) is 0 Å². The van der Waals surface area contributed by atoms with E-state index in [0.717, 1.165) is 31.5 Å². The minimum Gasteiger partial charge on any atom is -0.386 e. The SMILES string of the molecule is Cc1cc(C(O)C2CCCNC2)nnc1-c1ccc(C(F)(F)F)cc1CC(F)(F)F. The van der Waals surface area contributed by atoms with Crippen LogP contribution in [0.4, 0.5) is 26.3 Å². The van der Waals surface area contributed by atoms with Crippen LogP contribution in [0.25, 0.3) is 11.3 Å². The van der Waals surface area contributed by atoms with Gasteiger partial charge in [-0.1, -0.05) is 6.07 Å². The zero-order valence-corrected chi connectivity index (χ0v) is 16.1. The Bertz CT molecular complexity index is 891. The lowest BCUT2D eigenvalue weighted by Gasteiger charge is -2.27. The van der Waals surface area contributed by atoms with E-state index in [4.69, 9.17) is 0 Å². The maximum absolute atomic E-state index is 13.0. The van der Waals surface area contributed by atoms with Gasteiger partial charge in [-0.15, -0.1) is 5.10 Å². The lowest BCUT2D eigenvalue weighted by Crippen LogP contribution is -2.33. The molecule has 30 heavy (non-hydrogen) atoms. The van der Waals surface area contributed by atoms with Crippen LogP contribution in [0.3, 0.4) is 0 Å². The Morgan fingerprint density at radius 3 is 2.43 bits per heavy atom. The summed E-state index contributed by atoms with van der Waals surface area (Å²) in [7, 11) is 0. The van der Waals surface area contributed by atoms with Crippen LogP contribution in [0.5, 0.6) is 0 Å². The molecular weight excluding hydrogens is 412 g/mol. The number of alkyl halides is 6. The van der Waals surface area contributed by atoms with Crippen molar-refractivity contribution in [3.8, 4) is 11.3 Å². The number of aryl methyl sites for hydroxylation is 1. The van der Waals surface area contributed by atoms with Gasteiger partial charge in [0.1, 0.15) is 6.10 Å². The fraction of sp³-hybridized carbons (Fsp3) is 0.500. The van der Waals surface area contributed by atoms with Crippen molar-refractivity contribution in [1.82, 2.24) is 15.5 Å². The van der Waals surface area contributed by atoms with E-state index in [1.807, 2.05) is 0 Å². The molecular formula is C20H21F6N3O. The van der Waals surface area contributed by atoms with E-state index in [9.17, 15) is 31.4 Å². The monoisotopic (exact) mass is 433 g/mol. The van der Waals surface area contributed by atoms with Gasteiger partial charge in [0.25, 0.3) is 0 Å². The maximum atomic E-state index is 13.0. The van der Waals surface area contributed by atoms with Crippen LogP contribution in [-0.4, -0.2) is 34.6 Å². The van der Waals surface area contributed by atoms with E-state index in [1.165, 1.54) is 6.07 Å². The number of piperidine rings is 1. The van der Waals surface area contributed by atoms with E-state index in [0.29, 0.717) is 18.2 Å². The van der Waals surface area contributed by atoms with E-state index < -0.39 is 36.0 Å². The summed E-state index contributed by atoms with van der Waals surface area (Å²) in [6, 6.07) is 3.74. The average Bonchev–Trinajstić information content (AvgIpc) is 2.66. The van der Waals surface area contributed by atoms with E-state index in [2.05, 4.69) is 15.5 Å². The number of hydrogen-bond acceptors (Lipinski definition) is 4. The summed E-state index contributed by atoms with van der Waals surface area (Å²) in [6.07, 6.45) is -10.2. The second-order valence-electron chi connectivity index (χ2n) is 7.51. The molecule has 1 aromatic heterocycles. The topological polar surface area (TPSA) is 58.0 Å². The van der Waals surface area contributed by atoms with Gasteiger partial charge in [0.15, 0.2) is 0 Å². The highest BCUT2D eigenvalue weighted by Crippen LogP contribution is 2.36. The Kier molecular flexibility index (Phi) is 6.37. The highest BCUT2D eigenvalue weighted by atomic mass is 19.4. The van der Waals surface area contributed by atoms with Crippen molar-refractivity contribution < 1.29 is 31.4 Å². The molecule has 1 aromatic carbocycles. The summed E-state index contributed by atoms with van der Waals surface area (Å²) in [5.41, 5.74) is -0.987. The maximum Gasteiger partial charge on any atom is 0.416 e. The first kappa shape index (κ1) is 22.5. The zero-order valence-electron chi connectivity index (χ0n) is 16.1. The number of nitrogens with one attached hydrogen (secondary N) is 1. The first-order chi connectivity index (χ1) is 14.0. The van der Waals surface area contributed by atoms with Gasteiger partial charge in [-0.25, -0.2) is 0 Å². The molecule has 1 aliphatic heterocycles. The van der Waals surface area contributed by atoms with Crippen molar-refractivity contribution in [2.75, 3.05) is 13.1 Å². The normalized spacial score (nSPS) is 19.0. The first-order valence-corrected chi connectivity index (χ1v) is 9.46. The predicted molar refractivity (Wildman–Crippen MR) is 97.5 cm³/mol. The molecule has 0 amide bonds. The highest BCUT2D eigenvalue weighted by molar-refractivity contribution is 5.67. The molecule has 2 unspecified atom stereocenters. The van der Waals surface area contributed by atoms with Gasteiger partial charge in [0.2, 0.25) is 0 Å². The van der Waals surface area contributed by atoms with Gasteiger partial charge < -0.3 is 10.4 Å². The van der Waals surface area contributed by atoms with E-state index >= 15 is 0 Å². The molecule has 1 fully saturated rings. The second kappa shape index (κ2) is 8.50. The molecule has 0 radical (unpaired) electrons. The average molecular weight is 433 g/mol. The molecule has 2 heterocycles. The molecule has 1 saturated heterocycles. The van der Waals surface area contributed by atoms with Gasteiger partial charge in [-0.2, -0.15) is 31.4 Å². The first-order valence-electron chi connectivity index (χ1n) is 9.46. The van der Waals surface area contributed by atoms with Crippen LogP contribution in [-0.2, 0) is 12.6 Å². The fourth-order valence-corrected chi connectivity index (χ4v) is 3.67. The largest absolute Gasteiger partial charge is 0.416 e. The molecule has 164 valence electrons. The number of rotatable bonds is 4. The molecule has 2 N–H and O–H groups in total. The third kappa shape index (κ3) is 5.28. The second-order valence-corrected chi connectivity index (χ2v) is 7.51. The van der Waals surface area contributed by atoms with Crippen LogP contribution in [0.2, 0.25) is 0 Å². The lowest BCUT2D eigenvalue weighted by molar-refractivity contribution is -0.138. The minimum absolute atomic E-state index is 0.0562. The van der Waals surface area contributed by atoms with Crippen LogP contribution < -0.4 is 5.32 Å². The highest BCUT2D eigenvalue weighted by Gasteiger charge is 2.34. The molecule has 0 spiro atoms. The molecule has 1 aliphatic rings. The Balaban J connectivity index is 1.98. The van der Waals surface area contributed by atoms with Gasteiger partial charge >= 0.3 is 12.4 Å². The zero-order chi connectivity index (χ0) is 22.1. The Labute approximate surface area is 169 Å². The number of aromatic nitrogens is 2. The smallest absolute Gasteiger partial charge is 0.386 e. The Hall–Kier alpha value is -2.20. The van der Waals surface area contributed by atoms with Crippen molar-refractivity contribution in [3.63, 3.8) is 0 Å². The van der Waals surface area contributed by atoms with Crippen molar-refractivity contribution in [2.24, 2.45) is 5.92 Å². The fourth-order valence-electron chi connectivity index (χ4n) is 3.67. The molecule has 10 heteroatoms. The van der Waals surface area contributed by atoms with Crippen molar-refractivity contribution >= 4 is 0 Å². The van der Waals surface area contributed by atoms with Gasteiger partial charge in [-0.3, -0.25) is 0 Å². The number of halogens is 6. The van der Waals surface area contributed by atoms with E-state index in [1.54, 1.807) is 6.92 Å². The summed E-state index contributed by atoms with van der Waals surface area (Å²) >= 11 is 0. The number of hydrogen-bond donors (Lipinski definition) is 2. The standard InChI is InChI=1S/C20H21F6N3O/c1-11-7-16(18(30)12-3-2-6-27-10-12)28-29-17(11)15-5-4-14(20(24,25)26)8-13(15)9-19(21,22)23/h4-5,7-8,12,18,27,30H,2-3,6,9-10H2,1H3. The number of aliphatic hydroxyl groups excluding tert-OH is 1. The molecule has 0 saturated carbocycles. The molecule has 3 rings (SSSR count). The number of aliphatic hydroxyl groups is 1. The van der Waals surface area contributed by atoms with Crippen LogP contribution >= 0.6 is 0 Å². The summed E-state index contributed by atoms with van der Waals surface area (Å²) < 4.78 is 77.9. The molecule has 0 aliphatic carbocycles. The van der Waals surface area contributed by atoms with Crippen LogP contribution in [0.15, 0.2) is 24.3 Å². The molecule has 0 bridgehead atoms. The minimum atomic E-state index is -4.76. The van der Waals surface area contributed by atoms with Crippen molar-refractivity contribution in [3.05, 3.63) is 46.6 Å². The molecule has 4 nitrogen and oxygen atoms in total. The van der Waals surface area contributed by atoms with Crippen molar-refractivity contribution in [2.45, 2.75) is 44.6 Å².